The van der Waals surface area contributed by atoms with Crippen LogP contribution in [0.1, 0.15) is 39.3 Å². The summed E-state index contributed by atoms with van der Waals surface area (Å²) >= 11 is 0. The van der Waals surface area contributed by atoms with Crippen molar-refractivity contribution in [3.8, 4) is 28.4 Å². The van der Waals surface area contributed by atoms with Crippen molar-refractivity contribution in [1.29, 1.82) is 0 Å². The second-order valence-corrected chi connectivity index (χ2v) is 9.07. The lowest BCUT2D eigenvalue weighted by Gasteiger charge is -2.21. The van der Waals surface area contributed by atoms with Crippen LogP contribution in [0.15, 0.2) is 73.1 Å². The third-order valence-corrected chi connectivity index (χ3v) is 6.01. The molecule has 1 saturated carbocycles. The minimum Gasteiger partial charge on any atom is -0.490 e. The number of carbonyl (C=O) groups excluding carboxylic acids is 1. The molecule has 0 aliphatic heterocycles. The van der Waals surface area contributed by atoms with Gasteiger partial charge in [-0.3, -0.25) is 4.79 Å². The number of ether oxygens (including phenoxy) is 2. The monoisotopic (exact) mass is 456 g/mol. The number of hydrogen-bond donors (Lipinski definition) is 0. The Balaban J connectivity index is 1.58. The summed E-state index contributed by atoms with van der Waals surface area (Å²) in [5, 5.41) is 9.31. The highest BCUT2D eigenvalue weighted by Gasteiger charge is 2.26. The van der Waals surface area contributed by atoms with Crippen molar-refractivity contribution in [2.75, 3.05) is 0 Å². The standard InChI is InChI=1S/C27H28N4O3/c1-19(32)27(2,3)33-18-21-17-26(20-8-6-9-23(16-20)34-22-12-13-22)31(29-21)25-11-5-4-10-24(25)30-15-7-14-28-30/h4-11,14-17,22H,12-13,18H2,1-3H3. The summed E-state index contributed by atoms with van der Waals surface area (Å²) in [5.74, 6) is 0.824. The average molecular weight is 457 g/mol. The molecule has 1 aliphatic rings. The van der Waals surface area contributed by atoms with Gasteiger partial charge in [-0.1, -0.05) is 24.3 Å². The summed E-state index contributed by atoms with van der Waals surface area (Å²) in [6.07, 6.45) is 6.19. The fourth-order valence-corrected chi connectivity index (χ4v) is 3.60. The van der Waals surface area contributed by atoms with Gasteiger partial charge in [0, 0.05) is 18.0 Å². The fraction of sp³-hybridized carbons (Fsp3) is 0.296. The highest BCUT2D eigenvalue weighted by Crippen LogP contribution is 2.32. The lowest BCUT2D eigenvalue weighted by atomic mass is 10.1. The van der Waals surface area contributed by atoms with Crippen LogP contribution in [0.2, 0.25) is 0 Å². The predicted octanol–water partition coefficient (Wildman–Crippen LogP) is 5.15. The van der Waals surface area contributed by atoms with Crippen molar-refractivity contribution in [3.63, 3.8) is 0 Å². The number of benzene rings is 2. The SMILES string of the molecule is CC(=O)C(C)(C)OCc1cc(-c2cccc(OC3CC3)c2)n(-c2ccccc2-n2cccn2)n1. The minimum atomic E-state index is -0.880. The Morgan fingerprint density at radius 3 is 2.56 bits per heavy atom. The maximum Gasteiger partial charge on any atom is 0.161 e. The molecule has 0 atom stereocenters. The van der Waals surface area contributed by atoms with E-state index < -0.39 is 5.60 Å². The molecule has 2 aromatic heterocycles. The second kappa shape index (κ2) is 8.91. The van der Waals surface area contributed by atoms with E-state index in [1.54, 1.807) is 20.0 Å². The number of para-hydroxylation sites is 2. The van der Waals surface area contributed by atoms with Crippen molar-refractivity contribution < 1.29 is 14.3 Å². The molecule has 174 valence electrons. The Labute approximate surface area is 198 Å². The fourth-order valence-electron chi connectivity index (χ4n) is 3.60. The van der Waals surface area contributed by atoms with E-state index in [0.717, 1.165) is 46.9 Å². The highest BCUT2D eigenvalue weighted by atomic mass is 16.5. The van der Waals surface area contributed by atoms with Crippen LogP contribution in [0.4, 0.5) is 0 Å². The summed E-state index contributed by atoms with van der Waals surface area (Å²) in [6.45, 7) is 5.31. The van der Waals surface area contributed by atoms with Crippen LogP contribution in [0.5, 0.6) is 5.75 Å². The summed E-state index contributed by atoms with van der Waals surface area (Å²) in [4.78, 5) is 11.9. The first-order valence-electron chi connectivity index (χ1n) is 11.5. The molecule has 2 aromatic carbocycles. The van der Waals surface area contributed by atoms with E-state index in [9.17, 15) is 4.79 Å². The van der Waals surface area contributed by atoms with Crippen molar-refractivity contribution in [3.05, 3.63) is 78.8 Å². The summed E-state index contributed by atoms with van der Waals surface area (Å²) < 4.78 is 15.7. The zero-order chi connectivity index (χ0) is 23.7. The van der Waals surface area contributed by atoms with Gasteiger partial charge in [-0.15, -0.1) is 0 Å². The summed E-state index contributed by atoms with van der Waals surface area (Å²) in [6, 6.07) is 20.0. The number of rotatable bonds is 9. The number of nitrogens with zero attached hydrogens (tertiary/aromatic N) is 4. The molecule has 34 heavy (non-hydrogen) atoms. The molecule has 0 saturated heterocycles. The van der Waals surface area contributed by atoms with E-state index in [4.69, 9.17) is 14.6 Å². The molecule has 7 nitrogen and oxygen atoms in total. The van der Waals surface area contributed by atoms with E-state index in [1.807, 2.05) is 76.2 Å². The molecular weight excluding hydrogens is 428 g/mol. The average Bonchev–Trinajstić information content (AvgIpc) is 3.31. The Morgan fingerprint density at radius 2 is 1.85 bits per heavy atom. The van der Waals surface area contributed by atoms with Gasteiger partial charge in [-0.25, -0.2) is 9.36 Å². The van der Waals surface area contributed by atoms with Gasteiger partial charge in [-0.2, -0.15) is 10.2 Å². The lowest BCUT2D eigenvalue weighted by Crippen LogP contribution is -2.32. The maximum absolute atomic E-state index is 11.9. The van der Waals surface area contributed by atoms with E-state index in [-0.39, 0.29) is 12.4 Å². The van der Waals surface area contributed by atoms with Crippen LogP contribution in [0.3, 0.4) is 0 Å². The predicted molar refractivity (Wildman–Crippen MR) is 129 cm³/mol. The maximum atomic E-state index is 11.9. The summed E-state index contributed by atoms with van der Waals surface area (Å²) in [7, 11) is 0. The smallest absolute Gasteiger partial charge is 0.161 e. The van der Waals surface area contributed by atoms with Gasteiger partial charge in [-0.05, 0) is 70.0 Å². The molecule has 7 heteroatoms. The van der Waals surface area contributed by atoms with Gasteiger partial charge in [0.1, 0.15) is 11.4 Å². The molecule has 0 unspecified atom stereocenters. The number of aromatic nitrogens is 4. The molecule has 4 aromatic rings. The molecule has 0 spiro atoms. The van der Waals surface area contributed by atoms with Crippen LogP contribution in [0.25, 0.3) is 22.6 Å². The third-order valence-electron chi connectivity index (χ3n) is 6.01. The Hall–Kier alpha value is -3.71. The van der Waals surface area contributed by atoms with Crippen molar-refractivity contribution in [2.45, 2.75) is 51.9 Å². The van der Waals surface area contributed by atoms with Crippen LogP contribution in [-0.2, 0) is 16.1 Å². The highest BCUT2D eigenvalue weighted by molar-refractivity contribution is 5.83. The van der Waals surface area contributed by atoms with Crippen molar-refractivity contribution in [2.24, 2.45) is 0 Å². The van der Waals surface area contributed by atoms with Crippen LogP contribution >= 0.6 is 0 Å². The van der Waals surface area contributed by atoms with Crippen molar-refractivity contribution >= 4 is 5.78 Å². The van der Waals surface area contributed by atoms with E-state index in [1.165, 1.54) is 6.92 Å². The molecule has 1 aliphatic carbocycles. The number of Topliss-reactive ketones (excluding diaryl/α,β-unsaturated/α-hetero) is 1. The van der Waals surface area contributed by atoms with Crippen LogP contribution in [-0.4, -0.2) is 37.0 Å². The number of ketones is 1. The summed E-state index contributed by atoms with van der Waals surface area (Å²) in [5.41, 5.74) is 3.52. The van der Waals surface area contributed by atoms with Gasteiger partial charge >= 0.3 is 0 Å². The first kappa shape index (κ1) is 22.1. The molecule has 5 rings (SSSR count). The Morgan fingerprint density at radius 1 is 1.06 bits per heavy atom. The van der Waals surface area contributed by atoms with E-state index in [2.05, 4.69) is 5.10 Å². The zero-order valence-electron chi connectivity index (χ0n) is 19.6. The minimum absolute atomic E-state index is 0.0268. The number of hydrogen-bond acceptors (Lipinski definition) is 5. The zero-order valence-corrected chi connectivity index (χ0v) is 19.6. The van der Waals surface area contributed by atoms with Gasteiger partial charge < -0.3 is 9.47 Å². The van der Waals surface area contributed by atoms with Crippen molar-refractivity contribution in [1.82, 2.24) is 19.6 Å². The molecule has 2 heterocycles. The van der Waals surface area contributed by atoms with Gasteiger partial charge in [0.2, 0.25) is 0 Å². The van der Waals surface area contributed by atoms with Crippen LogP contribution < -0.4 is 4.74 Å². The largest absolute Gasteiger partial charge is 0.490 e. The van der Waals surface area contributed by atoms with Gasteiger partial charge in [0.25, 0.3) is 0 Å². The van der Waals surface area contributed by atoms with E-state index >= 15 is 0 Å². The topological polar surface area (TPSA) is 71.2 Å². The molecule has 0 N–H and O–H groups in total. The number of carbonyl (C=O) groups is 1. The normalized spacial score (nSPS) is 13.7. The Kier molecular flexibility index (Phi) is 5.79. The van der Waals surface area contributed by atoms with E-state index in [0.29, 0.717) is 6.10 Å². The quantitative estimate of drug-likeness (QED) is 0.348. The van der Waals surface area contributed by atoms with Gasteiger partial charge in [0.15, 0.2) is 5.78 Å². The third kappa shape index (κ3) is 4.65. The lowest BCUT2D eigenvalue weighted by molar-refractivity contribution is -0.139. The molecule has 0 radical (unpaired) electrons. The van der Waals surface area contributed by atoms with Crippen LogP contribution in [0, 0.1) is 0 Å². The molecule has 0 amide bonds. The first-order valence-corrected chi connectivity index (χ1v) is 11.5. The molecule has 0 bridgehead atoms. The molecule has 1 fully saturated rings. The molecular formula is C27H28N4O3. The van der Waals surface area contributed by atoms with Gasteiger partial charge in [0.05, 0.1) is 35.5 Å². The first-order chi connectivity index (χ1) is 16.4. The Bertz CT molecular complexity index is 1300. The second-order valence-electron chi connectivity index (χ2n) is 9.07.